The Hall–Kier alpha value is -1.62. The molecule has 16 heavy (non-hydrogen) atoms. The van der Waals surface area contributed by atoms with Crippen molar-refractivity contribution in [3.8, 4) is 0 Å². The minimum atomic E-state index is 0.549. The predicted molar refractivity (Wildman–Crippen MR) is 65.1 cm³/mol. The second-order valence-electron chi connectivity index (χ2n) is 4.12. The van der Waals surface area contributed by atoms with Crippen LogP contribution in [0, 0.1) is 0 Å². The normalized spacial score (nSPS) is 11.4. The molecule has 2 rings (SSSR count). The van der Waals surface area contributed by atoms with Gasteiger partial charge in [0.05, 0.1) is 0 Å². The number of pyridine rings is 1. The smallest absolute Gasteiger partial charge is 0.202 e. The number of aryl methyl sites for hydroxylation is 1. The molecule has 2 N–H and O–H groups in total. The van der Waals surface area contributed by atoms with Crippen molar-refractivity contribution < 1.29 is 0 Å². The van der Waals surface area contributed by atoms with Gasteiger partial charge in [0.25, 0.3) is 0 Å². The van der Waals surface area contributed by atoms with Gasteiger partial charge in [-0.2, -0.15) is 0 Å². The van der Waals surface area contributed by atoms with Gasteiger partial charge < -0.3 is 10.6 Å². The SMILES string of the molecule is CN(C)CCCn1c(N)nc2cccnc21. The standard InChI is InChI=1S/C11H17N5/c1-15(2)7-4-8-16-10-9(14-11(16)12)5-3-6-13-10/h3,5-6H,4,7-8H2,1-2H3,(H2,12,14). The fourth-order valence-electron chi connectivity index (χ4n) is 1.74. The van der Waals surface area contributed by atoms with E-state index in [1.54, 1.807) is 6.20 Å². The summed E-state index contributed by atoms with van der Waals surface area (Å²) in [7, 11) is 4.13. The van der Waals surface area contributed by atoms with E-state index in [9.17, 15) is 0 Å². The van der Waals surface area contributed by atoms with Crippen LogP contribution in [-0.4, -0.2) is 40.1 Å². The first kappa shape index (κ1) is 10.9. The third kappa shape index (κ3) is 2.14. The van der Waals surface area contributed by atoms with Crippen LogP contribution >= 0.6 is 0 Å². The number of nitrogens with two attached hydrogens (primary N) is 1. The molecule has 0 aromatic carbocycles. The number of nitrogens with zero attached hydrogens (tertiary/aromatic N) is 4. The first-order valence-corrected chi connectivity index (χ1v) is 5.40. The van der Waals surface area contributed by atoms with Crippen LogP contribution in [0.5, 0.6) is 0 Å². The summed E-state index contributed by atoms with van der Waals surface area (Å²) < 4.78 is 1.97. The lowest BCUT2D eigenvalue weighted by Crippen LogP contribution is -2.15. The minimum absolute atomic E-state index is 0.549. The van der Waals surface area contributed by atoms with Crippen LogP contribution in [0.25, 0.3) is 11.2 Å². The summed E-state index contributed by atoms with van der Waals surface area (Å²) in [4.78, 5) is 10.7. The van der Waals surface area contributed by atoms with Gasteiger partial charge in [-0.05, 0) is 39.2 Å². The predicted octanol–water partition coefficient (Wildman–Crippen LogP) is 0.965. The van der Waals surface area contributed by atoms with Gasteiger partial charge in [-0.3, -0.25) is 4.57 Å². The second-order valence-corrected chi connectivity index (χ2v) is 4.12. The van der Waals surface area contributed by atoms with Crippen molar-refractivity contribution >= 4 is 17.1 Å². The lowest BCUT2D eigenvalue weighted by molar-refractivity contribution is 0.388. The molecule has 0 bridgehead atoms. The molecule has 5 heteroatoms. The van der Waals surface area contributed by atoms with Gasteiger partial charge in [0.1, 0.15) is 5.52 Å². The minimum Gasteiger partial charge on any atom is -0.369 e. The van der Waals surface area contributed by atoms with E-state index in [-0.39, 0.29) is 0 Å². The van der Waals surface area contributed by atoms with Crippen molar-refractivity contribution in [2.75, 3.05) is 26.4 Å². The van der Waals surface area contributed by atoms with Crippen molar-refractivity contribution in [1.82, 2.24) is 19.4 Å². The molecule has 0 aliphatic heterocycles. The Labute approximate surface area is 94.9 Å². The molecule has 0 radical (unpaired) electrons. The van der Waals surface area contributed by atoms with Crippen LogP contribution in [0.3, 0.4) is 0 Å². The Balaban J connectivity index is 2.19. The first-order valence-electron chi connectivity index (χ1n) is 5.40. The molecule has 0 saturated carbocycles. The third-order valence-corrected chi connectivity index (χ3v) is 2.52. The van der Waals surface area contributed by atoms with Gasteiger partial charge in [0.2, 0.25) is 5.95 Å². The van der Waals surface area contributed by atoms with Gasteiger partial charge in [0.15, 0.2) is 5.65 Å². The zero-order valence-electron chi connectivity index (χ0n) is 9.72. The molecule has 0 atom stereocenters. The number of imidazole rings is 1. The van der Waals surface area contributed by atoms with E-state index in [1.165, 1.54) is 0 Å². The van der Waals surface area contributed by atoms with Crippen LogP contribution in [0.2, 0.25) is 0 Å². The van der Waals surface area contributed by atoms with Crippen LogP contribution in [0.15, 0.2) is 18.3 Å². The fraction of sp³-hybridized carbons (Fsp3) is 0.455. The van der Waals surface area contributed by atoms with Gasteiger partial charge in [-0.15, -0.1) is 0 Å². The molecular weight excluding hydrogens is 202 g/mol. The topological polar surface area (TPSA) is 60.0 Å². The van der Waals surface area contributed by atoms with Crippen LogP contribution in [0.1, 0.15) is 6.42 Å². The van der Waals surface area contributed by atoms with E-state index < -0.39 is 0 Å². The lowest BCUT2D eigenvalue weighted by Gasteiger charge is -2.10. The lowest BCUT2D eigenvalue weighted by atomic mass is 10.4. The maximum atomic E-state index is 5.87. The Morgan fingerprint density at radius 3 is 3.00 bits per heavy atom. The van der Waals surface area contributed by atoms with E-state index >= 15 is 0 Å². The molecular formula is C11H17N5. The second kappa shape index (κ2) is 4.49. The highest BCUT2D eigenvalue weighted by Gasteiger charge is 2.07. The summed E-state index contributed by atoms with van der Waals surface area (Å²) in [5, 5.41) is 0. The maximum Gasteiger partial charge on any atom is 0.202 e. The van der Waals surface area contributed by atoms with Crippen LogP contribution in [-0.2, 0) is 6.54 Å². The highest BCUT2D eigenvalue weighted by atomic mass is 15.2. The van der Waals surface area contributed by atoms with E-state index in [2.05, 4.69) is 29.0 Å². The molecule has 0 amide bonds. The number of anilines is 1. The van der Waals surface area contributed by atoms with Crippen molar-refractivity contribution in [2.45, 2.75) is 13.0 Å². The largest absolute Gasteiger partial charge is 0.369 e. The molecule has 0 fully saturated rings. The Kier molecular flexibility index (Phi) is 3.05. The average molecular weight is 219 g/mol. The molecule has 0 spiro atoms. The quantitative estimate of drug-likeness (QED) is 0.832. The number of aromatic nitrogens is 3. The summed E-state index contributed by atoms with van der Waals surface area (Å²) in [6, 6.07) is 3.81. The summed E-state index contributed by atoms with van der Waals surface area (Å²) in [5.41, 5.74) is 7.61. The van der Waals surface area contributed by atoms with Gasteiger partial charge >= 0.3 is 0 Å². The third-order valence-electron chi connectivity index (χ3n) is 2.52. The summed E-state index contributed by atoms with van der Waals surface area (Å²) >= 11 is 0. The zero-order chi connectivity index (χ0) is 11.5. The van der Waals surface area contributed by atoms with E-state index in [4.69, 9.17) is 5.73 Å². The van der Waals surface area contributed by atoms with Crippen molar-refractivity contribution in [2.24, 2.45) is 0 Å². The molecule has 0 aliphatic rings. The molecule has 2 heterocycles. The number of hydrogen-bond acceptors (Lipinski definition) is 4. The van der Waals surface area contributed by atoms with Gasteiger partial charge in [-0.25, -0.2) is 9.97 Å². The van der Waals surface area contributed by atoms with Crippen molar-refractivity contribution in [3.63, 3.8) is 0 Å². The van der Waals surface area contributed by atoms with Gasteiger partial charge in [-0.1, -0.05) is 0 Å². The summed E-state index contributed by atoms with van der Waals surface area (Å²) in [6.45, 7) is 1.89. The zero-order valence-corrected chi connectivity index (χ0v) is 9.72. The Morgan fingerprint density at radius 1 is 1.44 bits per heavy atom. The van der Waals surface area contributed by atoms with E-state index in [0.29, 0.717) is 5.95 Å². The molecule has 0 unspecified atom stereocenters. The molecule has 5 nitrogen and oxygen atoms in total. The highest BCUT2D eigenvalue weighted by molar-refractivity contribution is 5.73. The van der Waals surface area contributed by atoms with Gasteiger partial charge in [0, 0.05) is 12.7 Å². The Bertz CT molecular complexity index is 474. The monoisotopic (exact) mass is 219 g/mol. The maximum absolute atomic E-state index is 5.87. The molecule has 86 valence electrons. The molecule has 0 aliphatic carbocycles. The summed E-state index contributed by atoms with van der Waals surface area (Å²) in [6.07, 6.45) is 2.81. The first-order chi connectivity index (χ1) is 7.68. The number of hydrogen-bond donors (Lipinski definition) is 1. The Morgan fingerprint density at radius 2 is 2.25 bits per heavy atom. The van der Waals surface area contributed by atoms with Crippen LogP contribution < -0.4 is 5.73 Å². The van der Waals surface area contributed by atoms with Crippen molar-refractivity contribution in [3.05, 3.63) is 18.3 Å². The number of fused-ring (bicyclic) bond motifs is 1. The highest BCUT2D eigenvalue weighted by Crippen LogP contribution is 2.15. The number of nitrogen functional groups attached to an aromatic ring is 1. The van der Waals surface area contributed by atoms with Crippen molar-refractivity contribution in [1.29, 1.82) is 0 Å². The van der Waals surface area contributed by atoms with E-state index in [1.807, 2.05) is 16.7 Å². The fourth-order valence-corrected chi connectivity index (χ4v) is 1.74. The molecule has 2 aromatic rings. The average Bonchev–Trinajstić information content (AvgIpc) is 2.55. The molecule has 2 aromatic heterocycles. The number of rotatable bonds is 4. The van der Waals surface area contributed by atoms with E-state index in [0.717, 1.165) is 30.7 Å². The summed E-state index contributed by atoms with van der Waals surface area (Å²) in [5.74, 6) is 0.549. The molecule has 0 saturated heterocycles. The van der Waals surface area contributed by atoms with Crippen LogP contribution in [0.4, 0.5) is 5.95 Å².